The van der Waals surface area contributed by atoms with Crippen molar-refractivity contribution in [2.45, 2.75) is 13.1 Å². The molecule has 0 saturated heterocycles. The average molecular weight is 186 g/mol. The van der Waals surface area contributed by atoms with Gasteiger partial charge in [-0.05, 0) is 11.1 Å². The van der Waals surface area contributed by atoms with Gasteiger partial charge in [0, 0.05) is 13.1 Å². The highest BCUT2D eigenvalue weighted by Gasteiger charge is 2.16. The maximum atomic E-state index is 5.31. The van der Waals surface area contributed by atoms with Crippen LogP contribution in [0.15, 0.2) is 24.3 Å². The number of rotatable bonds is 1. The Labute approximate surface area is 84.7 Å². The molecule has 0 aromatic heterocycles. The SMILES string of the molecule is NCC#CCN1Cc2ccccc2C1. The molecular formula is C12H14N2. The monoisotopic (exact) mass is 186 g/mol. The summed E-state index contributed by atoms with van der Waals surface area (Å²) in [5.41, 5.74) is 8.17. The van der Waals surface area contributed by atoms with E-state index in [9.17, 15) is 0 Å². The topological polar surface area (TPSA) is 29.3 Å². The molecular weight excluding hydrogens is 172 g/mol. The van der Waals surface area contributed by atoms with Gasteiger partial charge in [0.05, 0.1) is 13.1 Å². The van der Waals surface area contributed by atoms with Crippen molar-refractivity contribution in [3.63, 3.8) is 0 Å². The molecule has 2 heteroatoms. The first kappa shape index (κ1) is 9.26. The van der Waals surface area contributed by atoms with Gasteiger partial charge in [-0.2, -0.15) is 0 Å². The molecule has 14 heavy (non-hydrogen) atoms. The second-order valence-electron chi connectivity index (χ2n) is 3.47. The van der Waals surface area contributed by atoms with E-state index in [-0.39, 0.29) is 0 Å². The molecule has 0 spiro atoms. The third-order valence-electron chi connectivity index (χ3n) is 2.44. The first-order valence-corrected chi connectivity index (χ1v) is 4.85. The third-order valence-corrected chi connectivity index (χ3v) is 2.44. The largest absolute Gasteiger partial charge is 0.320 e. The van der Waals surface area contributed by atoms with Crippen LogP contribution in [0.4, 0.5) is 0 Å². The summed E-state index contributed by atoms with van der Waals surface area (Å²) >= 11 is 0. The molecule has 0 bridgehead atoms. The van der Waals surface area contributed by atoms with Gasteiger partial charge in [-0.15, -0.1) is 0 Å². The first-order chi connectivity index (χ1) is 6.90. The molecule has 1 aliphatic rings. The van der Waals surface area contributed by atoms with Crippen LogP contribution in [0, 0.1) is 11.8 Å². The number of nitrogens with zero attached hydrogens (tertiary/aromatic N) is 1. The number of hydrogen-bond donors (Lipinski definition) is 1. The summed E-state index contributed by atoms with van der Waals surface area (Å²) in [6, 6.07) is 8.55. The molecule has 0 fully saturated rings. The van der Waals surface area contributed by atoms with Crippen molar-refractivity contribution in [3.8, 4) is 11.8 Å². The molecule has 0 atom stereocenters. The Kier molecular flexibility index (Phi) is 2.83. The van der Waals surface area contributed by atoms with Crippen LogP contribution >= 0.6 is 0 Å². The van der Waals surface area contributed by atoms with Gasteiger partial charge in [0.2, 0.25) is 0 Å². The van der Waals surface area contributed by atoms with Gasteiger partial charge in [0.15, 0.2) is 0 Å². The molecule has 1 aromatic carbocycles. The predicted molar refractivity (Wildman–Crippen MR) is 57.4 cm³/mol. The molecule has 0 amide bonds. The van der Waals surface area contributed by atoms with E-state index < -0.39 is 0 Å². The molecule has 0 saturated carbocycles. The lowest BCUT2D eigenvalue weighted by atomic mass is 10.1. The molecule has 2 N–H and O–H groups in total. The van der Waals surface area contributed by atoms with E-state index in [2.05, 4.69) is 41.0 Å². The van der Waals surface area contributed by atoms with Gasteiger partial charge in [-0.1, -0.05) is 36.1 Å². The van der Waals surface area contributed by atoms with Crippen LogP contribution in [0.1, 0.15) is 11.1 Å². The minimum Gasteiger partial charge on any atom is -0.320 e. The van der Waals surface area contributed by atoms with Crippen LogP contribution in [0.2, 0.25) is 0 Å². The van der Waals surface area contributed by atoms with Gasteiger partial charge in [0.25, 0.3) is 0 Å². The molecule has 0 aliphatic carbocycles. The minimum atomic E-state index is 0.459. The number of benzene rings is 1. The van der Waals surface area contributed by atoms with Crippen molar-refractivity contribution >= 4 is 0 Å². The lowest BCUT2D eigenvalue weighted by Gasteiger charge is -2.09. The zero-order valence-electron chi connectivity index (χ0n) is 8.16. The zero-order chi connectivity index (χ0) is 9.80. The summed E-state index contributed by atoms with van der Waals surface area (Å²) < 4.78 is 0. The quantitative estimate of drug-likeness (QED) is 0.662. The van der Waals surface area contributed by atoms with Crippen LogP contribution in [0.3, 0.4) is 0 Å². The second kappa shape index (κ2) is 4.28. The van der Waals surface area contributed by atoms with Crippen molar-refractivity contribution in [2.75, 3.05) is 13.1 Å². The van der Waals surface area contributed by atoms with Crippen molar-refractivity contribution in [1.82, 2.24) is 4.90 Å². The molecule has 2 nitrogen and oxygen atoms in total. The Bertz CT molecular complexity index is 348. The van der Waals surface area contributed by atoms with E-state index in [0.29, 0.717) is 6.54 Å². The van der Waals surface area contributed by atoms with Gasteiger partial charge in [-0.3, -0.25) is 4.90 Å². The highest BCUT2D eigenvalue weighted by molar-refractivity contribution is 5.30. The molecule has 72 valence electrons. The minimum absolute atomic E-state index is 0.459. The van der Waals surface area contributed by atoms with E-state index in [1.807, 2.05) is 0 Å². The Hall–Kier alpha value is -1.30. The van der Waals surface area contributed by atoms with Crippen molar-refractivity contribution in [1.29, 1.82) is 0 Å². The summed E-state index contributed by atoms with van der Waals surface area (Å²) in [5.74, 6) is 5.95. The van der Waals surface area contributed by atoms with Crippen molar-refractivity contribution in [3.05, 3.63) is 35.4 Å². The van der Waals surface area contributed by atoms with Gasteiger partial charge in [0.1, 0.15) is 0 Å². The van der Waals surface area contributed by atoms with Gasteiger partial charge in [-0.25, -0.2) is 0 Å². The maximum absolute atomic E-state index is 5.31. The predicted octanol–water partition coefficient (Wildman–Crippen LogP) is 0.964. The Morgan fingerprint density at radius 3 is 2.36 bits per heavy atom. The van der Waals surface area contributed by atoms with E-state index in [4.69, 9.17) is 5.73 Å². The lowest BCUT2D eigenvalue weighted by molar-refractivity contribution is 0.322. The van der Waals surface area contributed by atoms with E-state index in [1.165, 1.54) is 11.1 Å². The first-order valence-electron chi connectivity index (χ1n) is 4.85. The summed E-state index contributed by atoms with van der Waals surface area (Å²) in [7, 11) is 0. The van der Waals surface area contributed by atoms with E-state index in [1.54, 1.807) is 0 Å². The highest BCUT2D eigenvalue weighted by atomic mass is 15.1. The van der Waals surface area contributed by atoms with Crippen LogP contribution in [-0.4, -0.2) is 18.0 Å². The second-order valence-corrected chi connectivity index (χ2v) is 3.47. The molecule has 1 aliphatic heterocycles. The van der Waals surface area contributed by atoms with Gasteiger partial charge >= 0.3 is 0 Å². The van der Waals surface area contributed by atoms with Crippen LogP contribution < -0.4 is 5.73 Å². The maximum Gasteiger partial charge on any atom is 0.0608 e. The number of nitrogens with two attached hydrogens (primary N) is 1. The normalized spacial score (nSPS) is 14.6. The Morgan fingerprint density at radius 2 is 1.79 bits per heavy atom. The number of hydrogen-bond acceptors (Lipinski definition) is 2. The van der Waals surface area contributed by atoms with Gasteiger partial charge < -0.3 is 5.73 Å². The molecule has 1 aromatic rings. The Morgan fingerprint density at radius 1 is 1.14 bits per heavy atom. The fourth-order valence-corrected chi connectivity index (χ4v) is 1.76. The fourth-order valence-electron chi connectivity index (χ4n) is 1.76. The summed E-state index contributed by atoms with van der Waals surface area (Å²) in [5, 5.41) is 0. The van der Waals surface area contributed by atoms with E-state index >= 15 is 0 Å². The standard InChI is InChI=1S/C12H14N2/c13-7-3-4-8-14-9-11-5-1-2-6-12(11)10-14/h1-2,5-6H,7-10,13H2. The zero-order valence-corrected chi connectivity index (χ0v) is 8.16. The van der Waals surface area contributed by atoms with Crippen LogP contribution in [-0.2, 0) is 13.1 Å². The van der Waals surface area contributed by atoms with Crippen molar-refractivity contribution in [2.24, 2.45) is 5.73 Å². The summed E-state index contributed by atoms with van der Waals surface area (Å²) in [4.78, 5) is 2.33. The molecule has 0 radical (unpaired) electrons. The molecule has 1 heterocycles. The highest BCUT2D eigenvalue weighted by Crippen LogP contribution is 2.21. The van der Waals surface area contributed by atoms with Crippen LogP contribution in [0.5, 0.6) is 0 Å². The average Bonchev–Trinajstić information content (AvgIpc) is 2.60. The smallest absolute Gasteiger partial charge is 0.0608 e. The van der Waals surface area contributed by atoms with Crippen LogP contribution in [0.25, 0.3) is 0 Å². The third kappa shape index (κ3) is 1.95. The fraction of sp³-hybridized carbons (Fsp3) is 0.333. The summed E-state index contributed by atoms with van der Waals surface area (Å²) in [6.07, 6.45) is 0. The Balaban J connectivity index is 1.98. The lowest BCUT2D eigenvalue weighted by Crippen LogP contribution is -2.16. The summed E-state index contributed by atoms with van der Waals surface area (Å²) in [6.45, 7) is 3.33. The van der Waals surface area contributed by atoms with Crippen molar-refractivity contribution < 1.29 is 0 Å². The molecule has 0 unspecified atom stereocenters. The van der Waals surface area contributed by atoms with E-state index in [0.717, 1.165) is 19.6 Å². The molecule has 2 rings (SSSR count). The number of fused-ring (bicyclic) bond motifs is 1.